The van der Waals surface area contributed by atoms with E-state index in [0.717, 1.165) is 11.3 Å². The fourth-order valence-electron chi connectivity index (χ4n) is 4.41. The Morgan fingerprint density at radius 2 is 2.10 bits per heavy atom. The molecular weight excluding hydrogens is 370 g/mol. The Bertz CT molecular complexity index is 1100. The molecule has 2 atom stereocenters. The molecule has 29 heavy (non-hydrogen) atoms. The summed E-state index contributed by atoms with van der Waals surface area (Å²) in [6, 6.07) is 11.6. The number of nitrogens with one attached hydrogen (secondary N) is 1. The number of hydrogen-bond acceptors (Lipinski definition) is 5. The molecule has 0 unspecified atom stereocenters. The molecule has 0 spiro atoms. The van der Waals surface area contributed by atoms with E-state index < -0.39 is 5.54 Å². The molecule has 2 aliphatic rings. The van der Waals surface area contributed by atoms with Crippen LogP contribution in [0.3, 0.4) is 0 Å². The third kappa shape index (κ3) is 2.79. The number of aryl methyl sites for hydroxylation is 1. The van der Waals surface area contributed by atoms with Gasteiger partial charge in [-0.2, -0.15) is 5.10 Å². The van der Waals surface area contributed by atoms with E-state index in [1.807, 2.05) is 37.3 Å². The number of rotatable bonds is 2. The minimum absolute atomic E-state index is 0.00110. The van der Waals surface area contributed by atoms with Crippen molar-refractivity contribution in [2.24, 2.45) is 0 Å². The van der Waals surface area contributed by atoms with Gasteiger partial charge >= 0.3 is 0 Å². The standard InChI is InChI=1S/C21H21N5O3/c1-14-16(11-22-18-7-9-23-26(14)18)20(28)25-10-8-21(15-5-3-2-4-6-15)17(12-25)29-13-19(27)24-21/h2-7,9,11,17H,8,10,12-13H2,1H3,(H,24,27)/t17-,21+/m1/s1. The maximum Gasteiger partial charge on any atom is 0.257 e. The normalized spacial score (nSPS) is 24.2. The summed E-state index contributed by atoms with van der Waals surface area (Å²) in [5, 5.41) is 7.39. The Morgan fingerprint density at radius 3 is 2.93 bits per heavy atom. The minimum Gasteiger partial charge on any atom is -0.364 e. The summed E-state index contributed by atoms with van der Waals surface area (Å²) in [6.45, 7) is 2.76. The lowest BCUT2D eigenvalue weighted by atomic mass is 9.77. The highest BCUT2D eigenvalue weighted by atomic mass is 16.5. The SMILES string of the molecule is Cc1c(C(=O)N2CC[C@@]3(c4ccccc4)NC(=O)CO[C@@H]3C2)cnc2ccnn12. The van der Waals surface area contributed by atoms with Gasteiger partial charge < -0.3 is 15.0 Å². The molecule has 0 radical (unpaired) electrons. The zero-order valence-electron chi connectivity index (χ0n) is 16.0. The highest BCUT2D eigenvalue weighted by Crippen LogP contribution is 2.37. The number of fused-ring (bicyclic) bond motifs is 2. The van der Waals surface area contributed by atoms with Crippen molar-refractivity contribution in [1.82, 2.24) is 24.8 Å². The molecule has 5 rings (SSSR count). The predicted molar refractivity (Wildman–Crippen MR) is 104 cm³/mol. The monoisotopic (exact) mass is 391 g/mol. The van der Waals surface area contributed by atoms with Crippen LogP contribution < -0.4 is 5.32 Å². The van der Waals surface area contributed by atoms with Crippen molar-refractivity contribution in [3.8, 4) is 0 Å². The molecule has 0 bridgehead atoms. The first-order valence-electron chi connectivity index (χ1n) is 9.65. The van der Waals surface area contributed by atoms with E-state index in [1.165, 1.54) is 0 Å². The van der Waals surface area contributed by atoms with E-state index in [9.17, 15) is 9.59 Å². The number of hydrogen-bond donors (Lipinski definition) is 1. The van der Waals surface area contributed by atoms with E-state index in [-0.39, 0.29) is 24.5 Å². The van der Waals surface area contributed by atoms with Gasteiger partial charge in [0.05, 0.1) is 23.0 Å². The maximum absolute atomic E-state index is 13.3. The zero-order valence-corrected chi connectivity index (χ0v) is 16.0. The van der Waals surface area contributed by atoms with Gasteiger partial charge in [-0.1, -0.05) is 30.3 Å². The molecule has 148 valence electrons. The molecule has 2 amide bonds. The third-order valence-electron chi connectivity index (χ3n) is 5.95. The van der Waals surface area contributed by atoms with Crippen LogP contribution in [-0.2, 0) is 15.1 Å². The number of morpholine rings is 1. The number of amides is 2. The number of nitrogens with zero attached hydrogens (tertiary/aromatic N) is 4. The van der Waals surface area contributed by atoms with E-state index in [2.05, 4.69) is 15.4 Å². The van der Waals surface area contributed by atoms with Crippen LogP contribution in [0.25, 0.3) is 5.65 Å². The van der Waals surface area contributed by atoms with Crippen LogP contribution in [0.4, 0.5) is 0 Å². The highest BCUT2D eigenvalue weighted by Gasteiger charge is 2.50. The van der Waals surface area contributed by atoms with Crippen LogP contribution >= 0.6 is 0 Å². The van der Waals surface area contributed by atoms with E-state index in [0.29, 0.717) is 30.7 Å². The summed E-state index contributed by atoms with van der Waals surface area (Å²) >= 11 is 0. The average Bonchev–Trinajstić information content (AvgIpc) is 3.23. The van der Waals surface area contributed by atoms with Gasteiger partial charge in [-0.25, -0.2) is 9.50 Å². The first-order valence-corrected chi connectivity index (χ1v) is 9.65. The first kappa shape index (κ1) is 17.8. The molecule has 2 aromatic heterocycles. The molecule has 1 aromatic carbocycles. The Kier molecular flexibility index (Phi) is 4.09. The topological polar surface area (TPSA) is 88.8 Å². The summed E-state index contributed by atoms with van der Waals surface area (Å²) < 4.78 is 7.59. The van der Waals surface area contributed by atoms with Crippen molar-refractivity contribution in [1.29, 1.82) is 0 Å². The highest BCUT2D eigenvalue weighted by molar-refractivity contribution is 5.95. The zero-order chi connectivity index (χ0) is 20.0. The predicted octanol–water partition coefficient (Wildman–Crippen LogP) is 1.29. The largest absolute Gasteiger partial charge is 0.364 e. The number of likely N-dealkylation sites (tertiary alicyclic amines) is 1. The Hall–Kier alpha value is -3.26. The van der Waals surface area contributed by atoms with Gasteiger partial charge in [0.15, 0.2) is 5.65 Å². The first-order chi connectivity index (χ1) is 14.1. The minimum atomic E-state index is -0.618. The van der Waals surface area contributed by atoms with Crippen LogP contribution in [-0.4, -0.2) is 57.1 Å². The van der Waals surface area contributed by atoms with Crippen molar-refractivity contribution in [3.05, 3.63) is 65.6 Å². The summed E-state index contributed by atoms with van der Waals surface area (Å²) in [4.78, 5) is 31.5. The number of aromatic nitrogens is 3. The smallest absolute Gasteiger partial charge is 0.257 e. The molecule has 1 N–H and O–H groups in total. The Morgan fingerprint density at radius 1 is 1.28 bits per heavy atom. The number of ether oxygens (including phenoxy) is 1. The van der Waals surface area contributed by atoms with Crippen molar-refractivity contribution < 1.29 is 14.3 Å². The molecule has 2 fully saturated rings. The molecular formula is C21H21N5O3. The molecule has 4 heterocycles. The van der Waals surface area contributed by atoms with Gasteiger partial charge in [-0.05, 0) is 18.9 Å². The average molecular weight is 391 g/mol. The van der Waals surface area contributed by atoms with Crippen molar-refractivity contribution in [3.63, 3.8) is 0 Å². The van der Waals surface area contributed by atoms with Crippen molar-refractivity contribution in [2.75, 3.05) is 19.7 Å². The molecule has 8 heteroatoms. The van der Waals surface area contributed by atoms with Crippen molar-refractivity contribution >= 4 is 17.5 Å². The Labute approximate surface area is 167 Å². The number of carbonyl (C=O) groups is 2. The van der Waals surface area contributed by atoms with Crippen LogP contribution in [0.5, 0.6) is 0 Å². The Balaban J connectivity index is 1.45. The second-order valence-electron chi connectivity index (χ2n) is 7.54. The van der Waals surface area contributed by atoms with Gasteiger partial charge in [0.25, 0.3) is 5.91 Å². The summed E-state index contributed by atoms with van der Waals surface area (Å²) in [7, 11) is 0. The molecule has 0 aliphatic carbocycles. The lowest BCUT2D eigenvalue weighted by Crippen LogP contribution is -2.67. The third-order valence-corrected chi connectivity index (χ3v) is 5.95. The van der Waals surface area contributed by atoms with Crippen LogP contribution in [0.2, 0.25) is 0 Å². The van der Waals surface area contributed by atoms with Gasteiger partial charge in [0.1, 0.15) is 12.7 Å². The van der Waals surface area contributed by atoms with Crippen LogP contribution in [0.1, 0.15) is 28.0 Å². The fourth-order valence-corrected chi connectivity index (χ4v) is 4.41. The van der Waals surface area contributed by atoms with E-state index in [4.69, 9.17) is 4.74 Å². The van der Waals surface area contributed by atoms with Gasteiger partial charge in [0, 0.05) is 25.4 Å². The molecule has 8 nitrogen and oxygen atoms in total. The lowest BCUT2D eigenvalue weighted by molar-refractivity contribution is -0.150. The lowest BCUT2D eigenvalue weighted by Gasteiger charge is -2.50. The number of benzene rings is 1. The van der Waals surface area contributed by atoms with Crippen LogP contribution in [0, 0.1) is 6.92 Å². The van der Waals surface area contributed by atoms with Crippen LogP contribution in [0.15, 0.2) is 48.8 Å². The number of piperidine rings is 1. The van der Waals surface area contributed by atoms with E-state index >= 15 is 0 Å². The molecule has 3 aromatic rings. The van der Waals surface area contributed by atoms with Crippen molar-refractivity contribution in [2.45, 2.75) is 25.0 Å². The second-order valence-corrected chi connectivity index (χ2v) is 7.54. The summed E-state index contributed by atoms with van der Waals surface area (Å²) in [5.41, 5.74) is 2.36. The maximum atomic E-state index is 13.3. The summed E-state index contributed by atoms with van der Waals surface area (Å²) in [5.74, 6) is -0.233. The molecule has 2 aliphatic heterocycles. The van der Waals surface area contributed by atoms with Gasteiger partial charge in [-0.15, -0.1) is 0 Å². The number of carbonyl (C=O) groups excluding carboxylic acids is 2. The van der Waals surface area contributed by atoms with E-state index in [1.54, 1.807) is 27.9 Å². The molecule has 2 saturated heterocycles. The summed E-state index contributed by atoms with van der Waals surface area (Å²) in [6.07, 6.45) is 3.53. The van der Waals surface area contributed by atoms with Gasteiger partial charge in [-0.3, -0.25) is 9.59 Å². The van der Waals surface area contributed by atoms with Gasteiger partial charge in [0.2, 0.25) is 5.91 Å². The molecule has 0 saturated carbocycles. The second kappa shape index (κ2) is 6.66. The quantitative estimate of drug-likeness (QED) is 0.711. The fraction of sp³-hybridized carbons (Fsp3) is 0.333.